The molecule has 4 heterocycles. The number of hydrogen-bond donors (Lipinski definition) is 1. The third-order valence-corrected chi connectivity index (χ3v) is 6.82. The van der Waals surface area contributed by atoms with Crippen LogP contribution in [0.4, 0.5) is 0 Å². The molecule has 1 unspecified atom stereocenters. The van der Waals surface area contributed by atoms with E-state index in [-0.39, 0.29) is 17.2 Å². The SMILES string of the molecule is Cc1noc(C)c1CCC(=O)N1CC2(CN(C)CC2c2nc(-c3ccccc3)n[nH]2)C1. The number of likely N-dealkylation sites (N-methyl/N-ethyl adjacent to an activating group) is 1. The van der Waals surface area contributed by atoms with E-state index in [4.69, 9.17) is 9.51 Å². The summed E-state index contributed by atoms with van der Waals surface area (Å²) < 4.78 is 5.22. The standard InChI is InChI=1S/C23H28N6O2/c1-15-18(16(2)31-27-15)9-10-20(30)29-13-23(14-29)12-28(3)11-19(23)22-24-21(25-26-22)17-7-5-4-6-8-17/h4-8,19H,9-14H2,1-3H3,(H,24,25,26). The molecule has 8 nitrogen and oxygen atoms in total. The van der Waals surface area contributed by atoms with Crippen LogP contribution >= 0.6 is 0 Å². The lowest BCUT2D eigenvalue weighted by Gasteiger charge is -2.50. The molecule has 1 aromatic carbocycles. The largest absolute Gasteiger partial charge is 0.361 e. The zero-order valence-electron chi connectivity index (χ0n) is 18.3. The zero-order valence-corrected chi connectivity index (χ0v) is 18.3. The Morgan fingerprint density at radius 3 is 2.71 bits per heavy atom. The second-order valence-corrected chi connectivity index (χ2v) is 9.07. The smallest absolute Gasteiger partial charge is 0.222 e. The van der Waals surface area contributed by atoms with Gasteiger partial charge in [-0.05, 0) is 27.3 Å². The molecule has 5 rings (SSSR count). The van der Waals surface area contributed by atoms with E-state index in [2.05, 4.69) is 27.3 Å². The van der Waals surface area contributed by atoms with Crippen LogP contribution in [-0.2, 0) is 11.2 Å². The maximum Gasteiger partial charge on any atom is 0.222 e. The summed E-state index contributed by atoms with van der Waals surface area (Å²) in [5.41, 5.74) is 2.98. The highest BCUT2D eigenvalue weighted by molar-refractivity contribution is 5.77. The minimum Gasteiger partial charge on any atom is -0.361 e. The summed E-state index contributed by atoms with van der Waals surface area (Å²) in [4.78, 5) is 22.0. The van der Waals surface area contributed by atoms with Crippen LogP contribution in [0.15, 0.2) is 34.9 Å². The molecule has 0 aliphatic carbocycles. The fourth-order valence-corrected chi connectivity index (χ4v) is 5.20. The number of hydrogen-bond acceptors (Lipinski definition) is 6. The van der Waals surface area contributed by atoms with Gasteiger partial charge in [-0.3, -0.25) is 9.89 Å². The predicted octanol–water partition coefficient (Wildman–Crippen LogP) is 2.57. The van der Waals surface area contributed by atoms with Gasteiger partial charge in [0, 0.05) is 55.1 Å². The fourth-order valence-electron chi connectivity index (χ4n) is 5.20. The summed E-state index contributed by atoms with van der Waals surface area (Å²) in [6, 6.07) is 10.0. The number of aromatic nitrogens is 4. The van der Waals surface area contributed by atoms with E-state index in [0.29, 0.717) is 12.8 Å². The van der Waals surface area contributed by atoms with Crippen molar-refractivity contribution in [2.45, 2.75) is 32.6 Å². The lowest BCUT2D eigenvalue weighted by molar-refractivity contribution is -0.143. The number of carbonyl (C=O) groups excluding carboxylic acids is 1. The van der Waals surface area contributed by atoms with Crippen LogP contribution in [0.25, 0.3) is 11.4 Å². The van der Waals surface area contributed by atoms with Crippen LogP contribution in [0.3, 0.4) is 0 Å². The van der Waals surface area contributed by atoms with Gasteiger partial charge in [0.15, 0.2) is 5.82 Å². The Bertz CT molecular complexity index is 1060. The summed E-state index contributed by atoms with van der Waals surface area (Å²) in [5, 5.41) is 11.6. The monoisotopic (exact) mass is 420 g/mol. The number of nitrogens with zero attached hydrogens (tertiary/aromatic N) is 5. The van der Waals surface area contributed by atoms with Crippen molar-refractivity contribution in [1.82, 2.24) is 30.1 Å². The van der Waals surface area contributed by atoms with Gasteiger partial charge >= 0.3 is 0 Å². The van der Waals surface area contributed by atoms with Crippen LogP contribution in [0.2, 0.25) is 0 Å². The first-order valence-electron chi connectivity index (χ1n) is 10.8. The number of aromatic amines is 1. The molecule has 8 heteroatoms. The molecule has 1 atom stereocenters. The Labute approximate surface area is 181 Å². The molecule has 2 aliphatic rings. The number of benzene rings is 1. The van der Waals surface area contributed by atoms with Crippen molar-refractivity contribution in [3.05, 3.63) is 53.2 Å². The summed E-state index contributed by atoms with van der Waals surface area (Å²) in [5.74, 6) is 2.90. The highest BCUT2D eigenvalue weighted by atomic mass is 16.5. The summed E-state index contributed by atoms with van der Waals surface area (Å²) in [7, 11) is 2.14. The van der Waals surface area contributed by atoms with Crippen molar-refractivity contribution in [2.75, 3.05) is 33.2 Å². The van der Waals surface area contributed by atoms with Crippen LogP contribution < -0.4 is 0 Å². The molecule has 2 aromatic heterocycles. The van der Waals surface area contributed by atoms with Crippen molar-refractivity contribution >= 4 is 5.91 Å². The highest BCUT2D eigenvalue weighted by Gasteiger charge is 2.56. The predicted molar refractivity (Wildman–Crippen MR) is 115 cm³/mol. The molecule has 2 aliphatic heterocycles. The number of nitrogens with one attached hydrogen (secondary N) is 1. The Hall–Kier alpha value is -3.00. The average molecular weight is 421 g/mol. The Morgan fingerprint density at radius 1 is 1.23 bits per heavy atom. The zero-order chi connectivity index (χ0) is 21.6. The van der Waals surface area contributed by atoms with Crippen LogP contribution in [-0.4, -0.2) is 69.3 Å². The maximum absolute atomic E-state index is 12.8. The minimum absolute atomic E-state index is 0.0426. The molecule has 0 saturated carbocycles. The van der Waals surface area contributed by atoms with Crippen molar-refractivity contribution in [1.29, 1.82) is 0 Å². The summed E-state index contributed by atoms with van der Waals surface area (Å²) in [6.45, 7) is 7.25. The number of aryl methyl sites for hydroxylation is 2. The number of rotatable bonds is 5. The molecule has 3 aromatic rings. The first-order chi connectivity index (χ1) is 14.9. The van der Waals surface area contributed by atoms with Gasteiger partial charge in [0.05, 0.1) is 5.69 Å². The minimum atomic E-state index is 0.0426. The van der Waals surface area contributed by atoms with E-state index in [1.54, 1.807) is 0 Å². The molecular formula is C23H28N6O2. The number of likely N-dealkylation sites (tertiary alicyclic amines) is 2. The number of amides is 1. The Balaban J connectivity index is 1.26. The molecule has 0 bridgehead atoms. The average Bonchev–Trinajstić information content (AvgIpc) is 3.43. The van der Waals surface area contributed by atoms with Crippen LogP contribution in [0, 0.1) is 19.3 Å². The normalized spacial score (nSPS) is 20.4. The van der Waals surface area contributed by atoms with Gasteiger partial charge in [0.25, 0.3) is 0 Å². The van der Waals surface area contributed by atoms with Gasteiger partial charge < -0.3 is 14.3 Å². The first-order valence-corrected chi connectivity index (χ1v) is 10.8. The lowest BCUT2D eigenvalue weighted by atomic mass is 9.71. The van der Waals surface area contributed by atoms with E-state index in [1.807, 2.05) is 49.1 Å². The molecule has 162 valence electrons. The Kier molecular flexibility index (Phi) is 4.89. The van der Waals surface area contributed by atoms with Crippen molar-refractivity contribution in [3.8, 4) is 11.4 Å². The molecular weight excluding hydrogens is 392 g/mol. The second-order valence-electron chi connectivity index (χ2n) is 9.07. The van der Waals surface area contributed by atoms with Crippen molar-refractivity contribution < 1.29 is 9.32 Å². The van der Waals surface area contributed by atoms with E-state index in [9.17, 15) is 4.79 Å². The quantitative estimate of drug-likeness (QED) is 0.682. The van der Waals surface area contributed by atoms with Gasteiger partial charge in [-0.2, -0.15) is 5.10 Å². The van der Waals surface area contributed by atoms with Crippen LogP contribution in [0.1, 0.15) is 35.2 Å². The Morgan fingerprint density at radius 2 is 2.00 bits per heavy atom. The maximum atomic E-state index is 12.8. The van der Waals surface area contributed by atoms with E-state index < -0.39 is 0 Å². The van der Waals surface area contributed by atoms with Gasteiger partial charge in [-0.1, -0.05) is 35.5 Å². The van der Waals surface area contributed by atoms with Crippen molar-refractivity contribution in [2.24, 2.45) is 5.41 Å². The van der Waals surface area contributed by atoms with Gasteiger partial charge in [0.2, 0.25) is 5.91 Å². The van der Waals surface area contributed by atoms with Crippen LogP contribution in [0.5, 0.6) is 0 Å². The third-order valence-electron chi connectivity index (χ3n) is 6.82. The molecule has 2 fully saturated rings. The van der Waals surface area contributed by atoms with E-state index in [0.717, 1.165) is 60.4 Å². The third kappa shape index (κ3) is 3.54. The number of H-pyrrole nitrogens is 1. The topological polar surface area (TPSA) is 91.2 Å². The summed E-state index contributed by atoms with van der Waals surface area (Å²) in [6.07, 6.45) is 1.16. The van der Waals surface area contributed by atoms with Gasteiger partial charge in [-0.15, -0.1) is 0 Å². The van der Waals surface area contributed by atoms with E-state index in [1.165, 1.54) is 0 Å². The molecule has 0 radical (unpaired) electrons. The molecule has 1 amide bonds. The molecule has 31 heavy (non-hydrogen) atoms. The first kappa shape index (κ1) is 19.9. The fraction of sp³-hybridized carbons (Fsp3) is 0.478. The second kappa shape index (κ2) is 7.60. The van der Waals surface area contributed by atoms with E-state index >= 15 is 0 Å². The lowest BCUT2D eigenvalue weighted by Crippen LogP contribution is -2.61. The number of carbonyl (C=O) groups is 1. The molecule has 2 saturated heterocycles. The molecule has 1 spiro atoms. The molecule has 1 N–H and O–H groups in total. The van der Waals surface area contributed by atoms with Crippen molar-refractivity contribution in [3.63, 3.8) is 0 Å². The van der Waals surface area contributed by atoms with Gasteiger partial charge in [0.1, 0.15) is 11.6 Å². The highest BCUT2D eigenvalue weighted by Crippen LogP contribution is 2.48. The van der Waals surface area contributed by atoms with Gasteiger partial charge in [-0.25, -0.2) is 4.98 Å². The summed E-state index contributed by atoms with van der Waals surface area (Å²) >= 11 is 0.